The van der Waals surface area contributed by atoms with Gasteiger partial charge in [0, 0.05) is 6.26 Å². The number of hydrogen-bond donors (Lipinski definition) is 0. The van der Waals surface area contributed by atoms with E-state index in [2.05, 4.69) is 0 Å². The molecule has 0 fully saturated rings. The number of sulfone groups is 1. The monoisotopic (exact) mass is 324 g/mol. The number of benzene rings is 1. The van der Waals surface area contributed by atoms with Gasteiger partial charge < -0.3 is 9.47 Å². The van der Waals surface area contributed by atoms with Crippen molar-refractivity contribution in [2.75, 3.05) is 12.9 Å². The third-order valence-corrected chi connectivity index (χ3v) is 4.51. The molecule has 2 rings (SSSR count). The first-order valence-corrected chi connectivity index (χ1v) is 8.97. The molecule has 0 N–H and O–H groups in total. The largest absolute Gasteiger partial charge is 0.486 e. The van der Waals surface area contributed by atoms with Gasteiger partial charge in [-0.15, -0.1) is 0 Å². The zero-order valence-corrected chi connectivity index (χ0v) is 14.0. The second-order valence-electron chi connectivity index (χ2n) is 5.75. The molecule has 0 atom stereocenters. The molecular weight excluding hydrogens is 304 g/mol. The molecule has 0 amide bonds. The fourth-order valence-electron chi connectivity index (χ4n) is 2.39. The van der Waals surface area contributed by atoms with Crippen molar-refractivity contribution in [2.24, 2.45) is 0 Å². The molecule has 0 aliphatic carbocycles. The first kappa shape index (κ1) is 16.5. The van der Waals surface area contributed by atoms with Crippen LogP contribution in [0.4, 0.5) is 0 Å². The van der Waals surface area contributed by atoms with Crippen LogP contribution in [0.3, 0.4) is 0 Å². The van der Waals surface area contributed by atoms with E-state index < -0.39 is 21.4 Å². The Hall–Kier alpha value is -1.82. The average Bonchev–Trinajstić information content (AvgIpc) is 2.64. The summed E-state index contributed by atoms with van der Waals surface area (Å²) in [7, 11) is -3.26. The zero-order valence-electron chi connectivity index (χ0n) is 13.2. The number of cyclic esters (lactones) is 1. The van der Waals surface area contributed by atoms with Crippen LogP contribution in [-0.4, -0.2) is 32.9 Å². The molecule has 6 heteroatoms. The molecule has 1 aromatic carbocycles. The van der Waals surface area contributed by atoms with Crippen LogP contribution in [0.15, 0.2) is 34.9 Å². The molecule has 0 aromatic heterocycles. The maximum Gasteiger partial charge on any atom is 0.374 e. The smallest absolute Gasteiger partial charge is 0.374 e. The maximum absolute atomic E-state index is 12.0. The van der Waals surface area contributed by atoms with Gasteiger partial charge in [-0.2, -0.15) is 0 Å². The Morgan fingerprint density at radius 3 is 2.27 bits per heavy atom. The van der Waals surface area contributed by atoms with Crippen molar-refractivity contribution in [1.29, 1.82) is 0 Å². The van der Waals surface area contributed by atoms with E-state index in [9.17, 15) is 13.2 Å². The summed E-state index contributed by atoms with van der Waals surface area (Å²) in [5.41, 5.74) is 0.549. The second-order valence-corrected chi connectivity index (χ2v) is 7.76. The Morgan fingerprint density at radius 1 is 1.18 bits per heavy atom. The molecule has 0 bridgehead atoms. The first-order chi connectivity index (χ1) is 10.2. The molecule has 1 aliphatic heterocycles. The summed E-state index contributed by atoms with van der Waals surface area (Å²) >= 11 is 0. The van der Waals surface area contributed by atoms with Crippen LogP contribution >= 0.6 is 0 Å². The summed E-state index contributed by atoms with van der Waals surface area (Å²) in [6, 6.07) is 6.39. The molecule has 0 saturated heterocycles. The number of esters is 1. The standard InChI is InChI=1S/C16H20O5S/c1-5-10-20-14-13(16(2,3)21-15(14)17)11-6-8-12(9-7-11)22(4,18)19/h6-9H,5,10H2,1-4H3. The molecule has 5 nitrogen and oxygen atoms in total. The van der Waals surface area contributed by atoms with E-state index in [1.165, 1.54) is 12.1 Å². The van der Waals surface area contributed by atoms with Crippen LogP contribution in [-0.2, 0) is 24.1 Å². The molecular formula is C16H20O5S. The fourth-order valence-corrected chi connectivity index (χ4v) is 3.02. The maximum atomic E-state index is 12.0. The molecule has 0 radical (unpaired) electrons. The highest BCUT2D eigenvalue weighted by molar-refractivity contribution is 7.90. The molecule has 0 saturated carbocycles. The highest BCUT2D eigenvalue weighted by Crippen LogP contribution is 2.40. The van der Waals surface area contributed by atoms with Crippen molar-refractivity contribution in [1.82, 2.24) is 0 Å². The van der Waals surface area contributed by atoms with Crippen molar-refractivity contribution in [3.05, 3.63) is 35.6 Å². The Bertz CT molecular complexity index is 711. The lowest BCUT2D eigenvalue weighted by molar-refractivity contribution is -0.147. The Kier molecular flexibility index (Phi) is 4.33. The molecule has 1 aromatic rings. The van der Waals surface area contributed by atoms with E-state index in [-0.39, 0.29) is 10.7 Å². The molecule has 1 heterocycles. The van der Waals surface area contributed by atoms with Gasteiger partial charge in [0.15, 0.2) is 9.84 Å². The Labute approximate surface area is 130 Å². The SMILES string of the molecule is CCCOC1=C(c2ccc(S(C)(=O)=O)cc2)C(C)(C)OC1=O. The minimum absolute atomic E-state index is 0.207. The van der Waals surface area contributed by atoms with Crippen LogP contribution < -0.4 is 0 Å². The third kappa shape index (κ3) is 3.16. The fraction of sp³-hybridized carbons (Fsp3) is 0.438. The average molecular weight is 324 g/mol. The number of carbonyl (C=O) groups is 1. The first-order valence-electron chi connectivity index (χ1n) is 7.08. The van der Waals surface area contributed by atoms with Crippen molar-refractivity contribution in [3.8, 4) is 0 Å². The highest BCUT2D eigenvalue weighted by Gasteiger charge is 2.42. The number of carbonyl (C=O) groups excluding carboxylic acids is 1. The Balaban J connectivity index is 2.50. The molecule has 22 heavy (non-hydrogen) atoms. The quantitative estimate of drug-likeness (QED) is 0.779. The van der Waals surface area contributed by atoms with Crippen LogP contribution in [0.5, 0.6) is 0 Å². The predicted molar refractivity (Wildman–Crippen MR) is 82.9 cm³/mol. The summed E-state index contributed by atoms with van der Waals surface area (Å²) in [5, 5.41) is 0. The molecule has 120 valence electrons. The molecule has 0 unspecified atom stereocenters. The van der Waals surface area contributed by atoms with E-state index in [0.29, 0.717) is 17.7 Å². The van der Waals surface area contributed by atoms with Gasteiger partial charge in [-0.3, -0.25) is 0 Å². The summed E-state index contributed by atoms with van der Waals surface area (Å²) in [5.74, 6) is -0.278. The van der Waals surface area contributed by atoms with Gasteiger partial charge >= 0.3 is 5.97 Å². The van der Waals surface area contributed by atoms with Gasteiger partial charge in [0.1, 0.15) is 5.60 Å². The summed E-state index contributed by atoms with van der Waals surface area (Å²) in [4.78, 5) is 12.2. The van der Waals surface area contributed by atoms with Crippen LogP contribution in [0.25, 0.3) is 5.57 Å². The minimum Gasteiger partial charge on any atom is -0.486 e. The third-order valence-electron chi connectivity index (χ3n) is 3.38. The van der Waals surface area contributed by atoms with E-state index in [0.717, 1.165) is 12.7 Å². The van der Waals surface area contributed by atoms with Gasteiger partial charge in [0.25, 0.3) is 0 Å². The van der Waals surface area contributed by atoms with Gasteiger partial charge in [0.2, 0.25) is 5.76 Å². The minimum atomic E-state index is -3.26. The van der Waals surface area contributed by atoms with E-state index in [1.54, 1.807) is 26.0 Å². The zero-order chi connectivity index (χ0) is 16.5. The van der Waals surface area contributed by atoms with E-state index >= 15 is 0 Å². The van der Waals surface area contributed by atoms with E-state index in [1.807, 2.05) is 6.92 Å². The topological polar surface area (TPSA) is 69.7 Å². The van der Waals surface area contributed by atoms with Crippen molar-refractivity contribution in [3.63, 3.8) is 0 Å². The van der Waals surface area contributed by atoms with Crippen molar-refractivity contribution < 1.29 is 22.7 Å². The Morgan fingerprint density at radius 2 is 1.77 bits per heavy atom. The second kappa shape index (κ2) is 5.76. The van der Waals surface area contributed by atoms with Crippen LogP contribution in [0.2, 0.25) is 0 Å². The van der Waals surface area contributed by atoms with Crippen LogP contribution in [0, 0.1) is 0 Å². The van der Waals surface area contributed by atoms with Crippen LogP contribution in [0.1, 0.15) is 32.8 Å². The summed E-state index contributed by atoms with van der Waals surface area (Å²) in [6.45, 7) is 5.94. The number of ether oxygens (including phenoxy) is 2. The van der Waals surface area contributed by atoms with Gasteiger partial charge in [-0.25, -0.2) is 13.2 Å². The predicted octanol–water partition coefficient (Wildman–Crippen LogP) is 2.56. The molecule has 1 aliphatic rings. The summed E-state index contributed by atoms with van der Waals surface area (Å²) in [6.07, 6.45) is 1.93. The van der Waals surface area contributed by atoms with Gasteiger partial charge in [-0.1, -0.05) is 19.1 Å². The summed E-state index contributed by atoms with van der Waals surface area (Å²) < 4.78 is 34.0. The highest BCUT2D eigenvalue weighted by atomic mass is 32.2. The lowest BCUT2D eigenvalue weighted by Gasteiger charge is -2.21. The van der Waals surface area contributed by atoms with Crippen molar-refractivity contribution >= 4 is 21.4 Å². The lowest BCUT2D eigenvalue weighted by atomic mass is 9.92. The van der Waals surface area contributed by atoms with Gasteiger partial charge in [-0.05, 0) is 38.0 Å². The van der Waals surface area contributed by atoms with E-state index in [4.69, 9.17) is 9.47 Å². The van der Waals surface area contributed by atoms with Gasteiger partial charge in [0.05, 0.1) is 17.1 Å². The molecule has 0 spiro atoms. The normalized spacial score (nSPS) is 17.5. The van der Waals surface area contributed by atoms with Crippen molar-refractivity contribution in [2.45, 2.75) is 37.7 Å². The number of rotatable bonds is 5. The lowest BCUT2D eigenvalue weighted by Crippen LogP contribution is -2.22. The number of hydrogen-bond acceptors (Lipinski definition) is 5.